The van der Waals surface area contributed by atoms with Crippen molar-refractivity contribution in [1.82, 2.24) is 15.2 Å². The Bertz CT molecular complexity index is 947. The Balaban J connectivity index is 1.57. The molecule has 1 fully saturated rings. The second kappa shape index (κ2) is 9.14. The number of benzene rings is 1. The van der Waals surface area contributed by atoms with E-state index < -0.39 is 17.1 Å². The van der Waals surface area contributed by atoms with Gasteiger partial charge in [0.05, 0.1) is 5.56 Å². The first kappa shape index (κ1) is 22.9. The van der Waals surface area contributed by atoms with Gasteiger partial charge in [-0.2, -0.15) is 0 Å². The van der Waals surface area contributed by atoms with Gasteiger partial charge in [0.2, 0.25) is 0 Å². The largest absolute Gasteiger partial charge is 0.349 e. The number of nitrogens with zero attached hydrogens (tertiary/aromatic N) is 2. The molecule has 0 bridgehead atoms. The summed E-state index contributed by atoms with van der Waals surface area (Å²) in [4.78, 5) is 31.0. The number of alkyl halides is 1. The Hall–Kier alpha value is -2.80. The van der Waals surface area contributed by atoms with Crippen molar-refractivity contribution in [2.24, 2.45) is 0 Å². The summed E-state index contributed by atoms with van der Waals surface area (Å²) in [6.07, 6.45) is 3.59. The fourth-order valence-corrected chi connectivity index (χ4v) is 3.63. The van der Waals surface area contributed by atoms with Crippen molar-refractivity contribution >= 4 is 17.5 Å². The van der Waals surface area contributed by atoms with Crippen molar-refractivity contribution in [3.8, 4) is 0 Å². The highest BCUT2D eigenvalue weighted by molar-refractivity contribution is 6.04. The van der Waals surface area contributed by atoms with Crippen molar-refractivity contribution in [3.63, 3.8) is 0 Å². The third kappa shape index (κ3) is 6.34. The van der Waals surface area contributed by atoms with Gasteiger partial charge in [-0.3, -0.25) is 19.5 Å². The van der Waals surface area contributed by atoms with E-state index >= 15 is 4.39 Å². The zero-order chi connectivity index (χ0) is 22.6. The molecule has 2 N–H and O–H groups in total. The van der Waals surface area contributed by atoms with Gasteiger partial charge in [0.15, 0.2) is 5.67 Å². The third-order valence-electron chi connectivity index (χ3n) is 5.27. The topological polar surface area (TPSA) is 74.3 Å². The maximum atomic E-state index is 15.1. The summed E-state index contributed by atoms with van der Waals surface area (Å²) in [5.41, 5.74) is 0.880. The number of carbonyl (C=O) groups is 2. The fraction of sp³-hybridized carbons (Fsp3) is 0.458. The Morgan fingerprint density at radius 1 is 1.16 bits per heavy atom. The highest BCUT2D eigenvalue weighted by Crippen LogP contribution is 2.28. The van der Waals surface area contributed by atoms with Crippen LogP contribution < -0.4 is 10.6 Å². The number of hydrogen-bond donors (Lipinski definition) is 2. The van der Waals surface area contributed by atoms with Gasteiger partial charge in [-0.1, -0.05) is 12.1 Å². The maximum Gasteiger partial charge on any atom is 0.258 e. The molecule has 1 aromatic carbocycles. The number of aromatic nitrogens is 1. The molecule has 1 aliphatic rings. The van der Waals surface area contributed by atoms with Crippen LogP contribution in [0.15, 0.2) is 42.7 Å². The van der Waals surface area contributed by atoms with Gasteiger partial charge in [-0.05, 0) is 57.0 Å². The van der Waals surface area contributed by atoms with Gasteiger partial charge in [-0.25, -0.2) is 4.39 Å². The molecule has 7 heteroatoms. The van der Waals surface area contributed by atoms with Crippen molar-refractivity contribution in [1.29, 1.82) is 0 Å². The first-order valence-corrected chi connectivity index (χ1v) is 10.6. The molecule has 2 aromatic rings. The number of nitrogens with one attached hydrogen (secondary N) is 2. The van der Waals surface area contributed by atoms with Crippen LogP contribution in [0, 0.1) is 6.92 Å². The highest BCUT2D eigenvalue weighted by atomic mass is 19.1. The van der Waals surface area contributed by atoms with E-state index in [-0.39, 0.29) is 18.7 Å². The van der Waals surface area contributed by atoms with Crippen molar-refractivity contribution in [2.75, 3.05) is 18.4 Å². The molecule has 3 rings (SSSR count). The minimum atomic E-state index is -1.82. The van der Waals surface area contributed by atoms with Crippen LogP contribution >= 0.6 is 0 Å². The van der Waals surface area contributed by atoms with Crippen molar-refractivity contribution in [2.45, 2.75) is 58.3 Å². The smallest absolute Gasteiger partial charge is 0.258 e. The number of halogens is 1. The second-order valence-electron chi connectivity index (χ2n) is 9.35. The van der Waals surface area contributed by atoms with E-state index in [1.54, 1.807) is 18.5 Å². The quantitative estimate of drug-likeness (QED) is 0.761. The molecule has 0 aliphatic carbocycles. The number of anilines is 1. The molecule has 1 aliphatic heterocycles. The Kier molecular flexibility index (Phi) is 6.74. The Morgan fingerprint density at radius 2 is 1.87 bits per heavy atom. The Morgan fingerprint density at radius 3 is 2.52 bits per heavy atom. The molecule has 166 valence electrons. The predicted octanol–water partition coefficient (Wildman–Crippen LogP) is 3.86. The van der Waals surface area contributed by atoms with E-state index in [0.29, 0.717) is 30.9 Å². The molecule has 0 unspecified atom stereocenters. The molecule has 0 radical (unpaired) electrons. The second-order valence-corrected chi connectivity index (χ2v) is 9.35. The summed E-state index contributed by atoms with van der Waals surface area (Å²) in [7, 11) is 0. The lowest BCUT2D eigenvalue weighted by Gasteiger charge is -2.37. The first-order valence-electron chi connectivity index (χ1n) is 10.6. The monoisotopic (exact) mass is 426 g/mol. The zero-order valence-electron chi connectivity index (χ0n) is 18.7. The lowest BCUT2D eigenvalue weighted by Crippen LogP contribution is -2.55. The number of aryl methyl sites for hydroxylation is 1. The minimum Gasteiger partial charge on any atom is -0.349 e. The SMILES string of the molecule is Cc1cncc(C(=O)Nc2cccc(CN3CCC(F)(C(=O)NC(C)(C)C)CC3)c2)c1. The van der Waals surface area contributed by atoms with Gasteiger partial charge >= 0.3 is 0 Å². The lowest BCUT2D eigenvalue weighted by atomic mass is 9.91. The number of carbonyl (C=O) groups excluding carboxylic acids is 2. The highest BCUT2D eigenvalue weighted by Gasteiger charge is 2.42. The molecule has 1 aromatic heterocycles. The number of likely N-dealkylation sites (tertiary alicyclic amines) is 1. The molecular weight excluding hydrogens is 395 g/mol. The van der Waals surface area contributed by atoms with Crippen molar-refractivity contribution < 1.29 is 14.0 Å². The minimum absolute atomic E-state index is 0.172. The molecule has 0 atom stereocenters. The number of hydrogen-bond acceptors (Lipinski definition) is 4. The van der Waals surface area contributed by atoms with Crippen LogP contribution in [0.3, 0.4) is 0 Å². The lowest BCUT2D eigenvalue weighted by molar-refractivity contribution is -0.137. The van der Waals surface area contributed by atoms with Crippen LogP contribution in [0.2, 0.25) is 0 Å². The molecular formula is C24H31FN4O2. The number of piperidine rings is 1. The third-order valence-corrected chi connectivity index (χ3v) is 5.27. The van der Waals surface area contributed by atoms with E-state index in [1.807, 2.05) is 52.0 Å². The van der Waals surface area contributed by atoms with Crippen LogP contribution in [-0.4, -0.2) is 46.0 Å². The van der Waals surface area contributed by atoms with E-state index in [2.05, 4.69) is 20.5 Å². The molecule has 0 saturated carbocycles. The molecule has 31 heavy (non-hydrogen) atoms. The standard InChI is InChI=1S/C24H31FN4O2/c1-17-12-19(15-26-14-17)21(30)27-20-7-5-6-18(13-20)16-29-10-8-24(25,9-11-29)22(31)28-23(2,3)4/h5-7,12-15H,8-11,16H2,1-4H3,(H,27,30)(H,28,31). The number of rotatable bonds is 5. The van der Waals surface area contributed by atoms with Crippen LogP contribution in [0.5, 0.6) is 0 Å². The van der Waals surface area contributed by atoms with Crippen LogP contribution in [0.4, 0.5) is 10.1 Å². The van der Waals surface area contributed by atoms with Crippen molar-refractivity contribution in [3.05, 3.63) is 59.4 Å². The van der Waals surface area contributed by atoms with Crippen LogP contribution in [-0.2, 0) is 11.3 Å². The number of amides is 2. The van der Waals surface area contributed by atoms with E-state index in [9.17, 15) is 9.59 Å². The summed E-state index contributed by atoms with van der Waals surface area (Å²) in [6.45, 7) is 9.08. The van der Waals surface area contributed by atoms with Gasteiger partial charge in [0, 0.05) is 56.1 Å². The van der Waals surface area contributed by atoms with Gasteiger partial charge in [0.25, 0.3) is 11.8 Å². The van der Waals surface area contributed by atoms with Crippen LogP contribution in [0.1, 0.15) is 55.1 Å². The average Bonchev–Trinajstić information content (AvgIpc) is 2.69. The predicted molar refractivity (Wildman–Crippen MR) is 120 cm³/mol. The summed E-state index contributed by atoms with van der Waals surface area (Å²) < 4.78 is 15.1. The van der Waals surface area contributed by atoms with E-state index in [0.717, 1.165) is 11.1 Å². The van der Waals surface area contributed by atoms with Gasteiger partial charge in [-0.15, -0.1) is 0 Å². The van der Waals surface area contributed by atoms with E-state index in [4.69, 9.17) is 0 Å². The molecule has 2 amide bonds. The van der Waals surface area contributed by atoms with Gasteiger partial charge in [0.1, 0.15) is 0 Å². The first-order chi connectivity index (χ1) is 14.5. The molecule has 2 heterocycles. The molecule has 0 spiro atoms. The summed E-state index contributed by atoms with van der Waals surface area (Å²) in [5.74, 6) is -0.728. The Labute approximate surface area is 183 Å². The normalized spacial score (nSPS) is 16.5. The average molecular weight is 427 g/mol. The molecule has 1 saturated heterocycles. The van der Waals surface area contributed by atoms with Crippen LogP contribution in [0.25, 0.3) is 0 Å². The number of pyridine rings is 1. The summed E-state index contributed by atoms with van der Waals surface area (Å²) in [6, 6.07) is 9.42. The maximum absolute atomic E-state index is 15.1. The summed E-state index contributed by atoms with van der Waals surface area (Å²) in [5, 5.41) is 5.66. The van der Waals surface area contributed by atoms with Gasteiger partial charge < -0.3 is 10.6 Å². The zero-order valence-corrected chi connectivity index (χ0v) is 18.7. The molecule has 6 nitrogen and oxygen atoms in total. The fourth-order valence-electron chi connectivity index (χ4n) is 3.63. The summed E-state index contributed by atoms with van der Waals surface area (Å²) >= 11 is 0. The van der Waals surface area contributed by atoms with E-state index in [1.165, 1.54) is 0 Å².